The van der Waals surface area contributed by atoms with Crippen LogP contribution in [-0.4, -0.2) is 128 Å². The van der Waals surface area contributed by atoms with E-state index in [-0.39, 0.29) is 63.7 Å². The highest BCUT2D eigenvalue weighted by Crippen LogP contribution is 2.17. The van der Waals surface area contributed by atoms with Gasteiger partial charge in [-0.15, -0.1) is 0 Å². The minimum atomic E-state index is -1.23. The molecule has 0 spiro atoms. The third-order valence-electron chi connectivity index (χ3n) is 11.6. The van der Waals surface area contributed by atoms with Gasteiger partial charge in [0.15, 0.2) is 0 Å². The number of thioether (sulfide) groups is 1. The predicted octanol–water partition coefficient (Wildman–Crippen LogP) is 8.07. The monoisotopic (exact) mass is 989 g/mol. The molecule has 0 radical (unpaired) electrons. The Morgan fingerprint density at radius 3 is 1.50 bits per heavy atom. The average molecular weight is 989 g/mol. The summed E-state index contributed by atoms with van der Waals surface area (Å²) in [7, 11) is 0. The number of carboxylic acids is 1. The molecule has 17 heteroatoms. The lowest BCUT2D eigenvalue weighted by Gasteiger charge is -2.20. The fourth-order valence-corrected chi connectivity index (χ4v) is 8.40. The van der Waals surface area contributed by atoms with Gasteiger partial charge in [-0.05, 0) is 12.8 Å². The van der Waals surface area contributed by atoms with E-state index in [0.29, 0.717) is 25.0 Å². The number of aliphatic hydroxyl groups is 1. The van der Waals surface area contributed by atoms with Crippen molar-refractivity contribution in [3.63, 3.8) is 0 Å². The lowest BCUT2D eigenvalue weighted by atomic mass is 10.0. The Hall–Kier alpha value is -2.99. The second kappa shape index (κ2) is 49.0. The van der Waals surface area contributed by atoms with Crippen LogP contribution in [0.3, 0.4) is 0 Å². The number of unbranched alkanes of at least 4 members (excludes halogenated alkanes) is 24. The minimum Gasteiger partial charge on any atom is -0.480 e. The van der Waals surface area contributed by atoms with Crippen LogP contribution in [0.5, 0.6) is 0 Å². The highest BCUT2D eigenvalue weighted by molar-refractivity contribution is 7.99. The number of hydrogen-bond acceptors (Lipinski definition) is 13. The number of amides is 3. The first-order valence-corrected chi connectivity index (χ1v) is 27.7. The molecule has 3 amide bonds. The molecule has 0 heterocycles. The quantitative estimate of drug-likeness (QED) is 0.0250. The Morgan fingerprint density at radius 2 is 1.01 bits per heavy atom. The zero-order valence-corrected chi connectivity index (χ0v) is 43.3. The number of aliphatic hydroxyl groups excluding tert-OH is 1. The van der Waals surface area contributed by atoms with E-state index in [4.69, 9.17) is 29.8 Å². The van der Waals surface area contributed by atoms with E-state index in [1.54, 1.807) is 0 Å². The molecule has 0 aliphatic rings. The molecule has 68 heavy (non-hydrogen) atoms. The molecule has 0 aliphatic heterocycles. The van der Waals surface area contributed by atoms with Crippen LogP contribution < -0.4 is 21.7 Å². The van der Waals surface area contributed by atoms with Crippen LogP contribution in [0.4, 0.5) is 0 Å². The maximum atomic E-state index is 12.9. The molecule has 3 atom stereocenters. The molecule has 16 nitrogen and oxygen atoms in total. The summed E-state index contributed by atoms with van der Waals surface area (Å²) >= 11 is 1.32. The van der Waals surface area contributed by atoms with Gasteiger partial charge in [0.1, 0.15) is 18.7 Å². The second-order valence-corrected chi connectivity index (χ2v) is 19.0. The van der Waals surface area contributed by atoms with Crippen molar-refractivity contribution in [2.75, 3.05) is 64.2 Å². The molecule has 7 N–H and O–H groups in total. The molecule has 0 aromatic rings. The van der Waals surface area contributed by atoms with Gasteiger partial charge in [-0.25, -0.2) is 0 Å². The number of rotatable bonds is 51. The van der Waals surface area contributed by atoms with Gasteiger partial charge in [0.05, 0.1) is 45.7 Å². The molecular weight excluding hydrogens is 893 g/mol. The van der Waals surface area contributed by atoms with Crippen molar-refractivity contribution in [2.45, 2.75) is 225 Å². The van der Waals surface area contributed by atoms with Gasteiger partial charge in [-0.1, -0.05) is 168 Å². The Morgan fingerprint density at radius 1 is 0.544 bits per heavy atom. The summed E-state index contributed by atoms with van der Waals surface area (Å²) in [6.07, 6.45) is 32.2. The summed E-state index contributed by atoms with van der Waals surface area (Å²) in [4.78, 5) is 72.9. The molecule has 0 unspecified atom stereocenters. The standard InChI is InChI=1S/C51H96N4O12S/c1-3-5-7-9-11-13-15-17-19-21-23-25-27-29-48(60)66-35-31-43(67-49(61)30-28-26-24-22-20-18-16-14-12-10-8-6-4-2)41-68-42-44(52)50(62)55-45(40-56)51(63)53-33-36-65-38-37-64-34-32-46(57)54-39-47(58)59/h43-45,56H,3-42,52H2,1-2H3,(H,53,63)(H,54,57)(H,55,62)(H,58,59)/t43-,44+,45+/m1/s1. The average Bonchev–Trinajstić information content (AvgIpc) is 3.32. The minimum absolute atomic E-state index is 0.00765. The topological polar surface area (TPSA) is 242 Å². The number of hydrogen-bond donors (Lipinski definition) is 6. The normalized spacial score (nSPS) is 12.5. The van der Waals surface area contributed by atoms with Gasteiger partial charge in [-0.3, -0.25) is 28.8 Å². The first kappa shape index (κ1) is 65.0. The molecule has 0 saturated heterocycles. The first-order chi connectivity index (χ1) is 33.0. The van der Waals surface area contributed by atoms with Gasteiger partial charge in [-0.2, -0.15) is 11.8 Å². The smallest absolute Gasteiger partial charge is 0.322 e. The van der Waals surface area contributed by atoms with Crippen molar-refractivity contribution in [1.82, 2.24) is 16.0 Å². The molecule has 0 aromatic carbocycles. The Kier molecular flexibility index (Phi) is 46.9. The molecule has 0 fully saturated rings. The fourth-order valence-electron chi connectivity index (χ4n) is 7.37. The molecular formula is C51H96N4O12S. The van der Waals surface area contributed by atoms with Crippen LogP contribution in [0.2, 0.25) is 0 Å². The lowest BCUT2D eigenvalue weighted by molar-refractivity contribution is -0.150. The zero-order valence-electron chi connectivity index (χ0n) is 42.5. The summed E-state index contributed by atoms with van der Waals surface area (Å²) in [6, 6.07) is -2.25. The number of ether oxygens (including phenoxy) is 4. The van der Waals surface area contributed by atoms with E-state index < -0.39 is 55.0 Å². The van der Waals surface area contributed by atoms with Crippen molar-refractivity contribution >= 4 is 47.4 Å². The van der Waals surface area contributed by atoms with Crippen molar-refractivity contribution < 1.29 is 57.9 Å². The van der Waals surface area contributed by atoms with E-state index in [1.807, 2.05) is 0 Å². The van der Waals surface area contributed by atoms with Gasteiger partial charge < -0.3 is 50.8 Å². The number of nitrogens with two attached hydrogens (primary N) is 1. The third-order valence-corrected chi connectivity index (χ3v) is 12.8. The van der Waals surface area contributed by atoms with Crippen molar-refractivity contribution in [1.29, 1.82) is 0 Å². The zero-order chi connectivity index (χ0) is 50.1. The number of carbonyl (C=O) groups is 6. The number of carbonyl (C=O) groups excluding carboxylic acids is 5. The van der Waals surface area contributed by atoms with Crippen LogP contribution in [0, 0.1) is 0 Å². The van der Waals surface area contributed by atoms with E-state index >= 15 is 0 Å². The molecule has 0 bridgehead atoms. The second-order valence-electron chi connectivity index (χ2n) is 17.9. The maximum absolute atomic E-state index is 12.9. The Labute approximate surface area is 414 Å². The summed E-state index contributed by atoms with van der Waals surface area (Å²) in [5, 5.41) is 25.7. The van der Waals surface area contributed by atoms with E-state index in [1.165, 1.54) is 140 Å². The highest BCUT2D eigenvalue weighted by Gasteiger charge is 2.24. The number of carboxylic acid groups (broad SMARTS) is 1. The third kappa shape index (κ3) is 44.2. The summed E-state index contributed by atoms with van der Waals surface area (Å²) in [5.74, 6) is -2.89. The van der Waals surface area contributed by atoms with Crippen molar-refractivity contribution in [3.05, 3.63) is 0 Å². The van der Waals surface area contributed by atoms with Crippen molar-refractivity contribution in [3.8, 4) is 0 Å². The predicted molar refractivity (Wildman–Crippen MR) is 270 cm³/mol. The van der Waals surface area contributed by atoms with E-state index in [2.05, 4.69) is 29.8 Å². The molecule has 0 aromatic heterocycles. The Bertz CT molecular complexity index is 1270. The number of nitrogens with one attached hydrogen (secondary N) is 3. The van der Waals surface area contributed by atoms with Crippen LogP contribution in [-0.2, 0) is 47.7 Å². The van der Waals surface area contributed by atoms with Crippen LogP contribution in [0.25, 0.3) is 0 Å². The molecule has 0 aliphatic carbocycles. The van der Waals surface area contributed by atoms with Gasteiger partial charge in [0, 0.05) is 43.7 Å². The maximum Gasteiger partial charge on any atom is 0.322 e. The lowest BCUT2D eigenvalue weighted by Crippen LogP contribution is -2.54. The van der Waals surface area contributed by atoms with Crippen LogP contribution in [0.15, 0.2) is 0 Å². The van der Waals surface area contributed by atoms with Crippen LogP contribution >= 0.6 is 11.8 Å². The SMILES string of the molecule is CCCCCCCCCCCCCCCC(=O)OCC[C@H](CSC[C@H](N)C(=O)N[C@@H](CO)C(=O)NCCOCCOCCC(=O)NCC(=O)O)OC(=O)CCCCCCCCCCCCCCC. The summed E-state index contributed by atoms with van der Waals surface area (Å²) in [5.41, 5.74) is 6.16. The highest BCUT2D eigenvalue weighted by atomic mass is 32.2. The summed E-state index contributed by atoms with van der Waals surface area (Å²) in [6.45, 7) is 4.17. The Balaban J connectivity index is 4.66. The largest absolute Gasteiger partial charge is 0.480 e. The fraction of sp³-hybridized carbons (Fsp3) is 0.882. The van der Waals surface area contributed by atoms with E-state index in [0.717, 1.165) is 38.5 Å². The first-order valence-electron chi connectivity index (χ1n) is 26.5. The molecule has 398 valence electrons. The van der Waals surface area contributed by atoms with Gasteiger partial charge in [0.25, 0.3) is 0 Å². The van der Waals surface area contributed by atoms with Crippen LogP contribution in [0.1, 0.15) is 206 Å². The number of aliphatic carboxylic acids is 1. The van der Waals surface area contributed by atoms with Crippen molar-refractivity contribution in [2.24, 2.45) is 5.73 Å². The van der Waals surface area contributed by atoms with E-state index in [9.17, 15) is 33.9 Å². The van der Waals surface area contributed by atoms with Gasteiger partial charge in [0.2, 0.25) is 17.7 Å². The summed E-state index contributed by atoms with van der Waals surface area (Å²) < 4.78 is 22.0. The van der Waals surface area contributed by atoms with Gasteiger partial charge >= 0.3 is 17.9 Å². The number of esters is 2. The molecule has 0 rings (SSSR count). The molecule has 0 saturated carbocycles.